The monoisotopic (exact) mass is 572 g/mol. The van der Waals surface area contributed by atoms with Crippen molar-refractivity contribution in [1.29, 1.82) is 0 Å². The van der Waals surface area contributed by atoms with Crippen LogP contribution in [0.2, 0.25) is 10.0 Å². The number of piperazine rings is 1. The summed E-state index contributed by atoms with van der Waals surface area (Å²) in [7, 11) is 0. The van der Waals surface area contributed by atoms with Crippen molar-refractivity contribution in [2.75, 3.05) is 45.1 Å². The van der Waals surface area contributed by atoms with Crippen LogP contribution in [0.15, 0.2) is 53.3 Å². The molecule has 0 unspecified atom stereocenters. The average molecular weight is 573 g/mol. The number of hydrogen-bond donors (Lipinski definition) is 2. The molecule has 11 heteroatoms. The van der Waals surface area contributed by atoms with Crippen molar-refractivity contribution in [1.82, 2.24) is 14.8 Å². The molecule has 3 N–H and O–H groups in total. The summed E-state index contributed by atoms with van der Waals surface area (Å²) in [6.07, 6.45) is 2.38. The number of β-amino-alcohol motifs (C(OH)–C–C–N with tert-alkyl or cyclic N) is 1. The van der Waals surface area contributed by atoms with Gasteiger partial charge in [-0.15, -0.1) is 0 Å². The first kappa shape index (κ1) is 27.2. The van der Waals surface area contributed by atoms with Crippen LogP contribution < -0.4 is 10.5 Å². The minimum absolute atomic E-state index is 0.0580. The van der Waals surface area contributed by atoms with Gasteiger partial charge in [-0.25, -0.2) is 9.37 Å². The van der Waals surface area contributed by atoms with E-state index < -0.39 is 11.9 Å². The summed E-state index contributed by atoms with van der Waals surface area (Å²) in [5, 5.41) is 9.90. The summed E-state index contributed by atoms with van der Waals surface area (Å²) in [6.45, 7) is 5.02. The number of hydrogen-bond acceptors (Lipinski definition) is 7. The molecule has 1 amide bonds. The van der Waals surface area contributed by atoms with Crippen LogP contribution in [0.4, 0.5) is 10.2 Å². The third kappa shape index (κ3) is 5.40. The fourth-order valence-electron chi connectivity index (χ4n) is 4.79. The Kier molecular flexibility index (Phi) is 7.95. The Bertz CT molecular complexity index is 1520. The number of benzene rings is 2. The minimum Gasteiger partial charge on any atom is -0.478 e. The lowest BCUT2D eigenvalue weighted by Gasteiger charge is -2.34. The Morgan fingerprint density at radius 2 is 2.00 bits per heavy atom. The van der Waals surface area contributed by atoms with Crippen molar-refractivity contribution < 1.29 is 23.4 Å². The number of aromatic nitrogens is 1. The zero-order valence-electron chi connectivity index (χ0n) is 21.2. The number of ether oxygens (including phenoxy) is 1. The van der Waals surface area contributed by atoms with Gasteiger partial charge in [-0.3, -0.25) is 9.69 Å². The molecule has 0 aliphatic carbocycles. The maximum atomic E-state index is 14.1. The van der Waals surface area contributed by atoms with E-state index in [4.69, 9.17) is 43.2 Å². The molecule has 1 aliphatic rings. The van der Waals surface area contributed by atoms with Crippen LogP contribution in [0.3, 0.4) is 0 Å². The Morgan fingerprint density at radius 3 is 2.74 bits per heavy atom. The lowest BCUT2D eigenvalue weighted by molar-refractivity contribution is 0.0615. The van der Waals surface area contributed by atoms with Gasteiger partial charge < -0.3 is 24.9 Å². The van der Waals surface area contributed by atoms with Gasteiger partial charge >= 0.3 is 0 Å². The molecule has 39 heavy (non-hydrogen) atoms. The SMILES string of the molecule is C[C@@H](Oc1c(N)ncc2c(-c3cccc(C(=O)N4CCN(CCO)CC4)c3)coc12)c1c(Cl)ccc(F)c1Cl. The van der Waals surface area contributed by atoms with Crippen LogP contribution >= 0.6 is 23.2 Å². The van der Waals surface area contributed by atoms with Crippen molar-refractivity contribution in [3.63, 3.8) is 0 Å². The normalized spacial score (nSPS) is 15.1. The first-order valence-electron chi connectivity index (χ1n) is 12.5. The second-order valence-electron chi connectivity index (χ2n) is 9.32. The molecule has 0 saturated carbocycles. The van der Waals surface area contributed by atoms with Gasteiger partial charge in [0.1, 0.15) is 11.9 Å². The largest absolute Gasteiger partial charge is 0.478 e. The Hall–Kier alpha value is -3.37. The van der Waals surface area contributed by atoms with Crippen LogP contribution in [-0.2, 0) is 0 Å². The molecule has 2 aromatic carbocycles. The predicted octanol–water partition coefficient (Wildman–Crippen LogP) is 5.41. The molecule has 1 atom stereocenters. The highest BCUT2D eigenvalue weighted by Gasteiger charge is 2.25. The fraction of sp³-hybridized carbons (Fsp3) is 0.286. The van der Waals surface area contributed by atoms with Crippen LogP contribution in [0.25, 0.3) is 22.1 Å². The second kappa shape index (κ2) is 11.4. The van der Waals surface area contributed by atoms with Gasteiger partial charge in [-0.05, 0) is 36.8 Å². The number of nitrogen functional groups attached to an aromatic ring is 1. The summed E-state index contributed by atoms with van der Waals surface area (Å²) >= 11 is 12.4. The van der Waals surface area contributed by atoms with Crippen molar-refractivity contribution >= 4 is 45.9 Å². The van der Waals surface area contributed by atoms with E-state index >= 15 is 0 Å². The summed E-state index contributed by atoms with van der Waals surface area (Å²) in [6, 6.07) is 9.90. The summed E-state index contributed by atoms with van der Waals surface area (Å²) < 4.78 is 26.1. The van der Waals surface area contributed by atoms with E-state index in [0.29, 0.717) is 41.7 Å². The topological polar surface area (TPSA) is 105 Å². The molecule has 8 nitrogen and oxygen atoms in total. The fourth-order valence-corrected chi connectivity index (χ4v) is 5.46. The first-order valence-corrected chi connectivity index (χ1v) is 13.2. The Morgan fingerprint density at radius 1 is 1.23 bits per heavy atom. The zero-order chi connectivity index (χ0) is 27.7. The first-order chi connectivity index (χ1) is 18.8. The van der Waals surface area contributed by atoms with Gasteiger partial charge in [-0.2, -0.15) is 0 Å². The van der Waals surface area contributed by atoms with E-state index in [9.17, 15) is 9.18 Å². The summed E-state index contributed by atoms with van der Waals surface area (Å²) in [4.78, 5) is 21.5. The van der Waals surface area contributed by atoms with Crippen LogP contribution in [0, 0.1) is 5.82 Å². The number of pyridine rings is 1. The highest BCUT2D eigenvalue weighted by atomic mass is 35.5. The Labute approximate surface area is 234 Å². The lowest BCUT2D eigenvalue weighted by Crippen LogP contribution is -2.49. The molecule has 5 rings (SSSR count). The predicted molar refractivity (Wildman–Crippen MR) is 149 cm³/mol. The number of nitrogens with zero attached hydrogens (tertiary/aromatic N) is 3. The number of amides is 1. The van der Waals surface area contributed by atoms with Gasteiger partial charge in [0.05, 0.1) is 23.3 Å². The van der Waals surface area contributed by atoms with E-state index in [0.717, 1.165) is 18.7 Å². The molecule has 204 valence electrons. The number of furan rings is 1. The molecule has 4 aromatic rings. The van der Waals surface area contributed by atoms with Gasteiger partial charge in [0.25, 0.3) is 5.91 Å². The van der Waals surface area contributed by atoms with Crippen molar-refractivity contribution in [3.8, 4) is 16.9 Å². The van der Waals surface area contributed by atoms with E-state index in [1.54, 1.807) is 25.5 Å². The van der Waals surface area contributed by atoms with E-state index in [1.807, 2.05) is 23.1 Å². The van der Waals surface area contributed by atoms with Crippen molar-refractivity contribution in [2.24, 2.45) is 0 Å². The maximum absolute atomic E-state index is 14.1. The number of anilines is 1. The van der Waals surface area contributed by atoms with Crippen LogP contribution in [0.5, 0.6) is 5.75 Å². The molecule has 2 aromatic heterocycles. The Balaban J connectivity index is 1.43. The molecular weight excluding hydrogens is 546 g/mol. The number of halogens is 3. The number of aliphatic hydroxyl groups is 1. The number of carbonyl (C=O) groups excluding carboxylic acids is 1. The van der Waals surface area contributed by atoms with E-state index in [-0.39, 0.29) is 39.7 Å². The molecule has 0 spiro atoms. The van der Waals surface area contributed by atoms with Gasteiger partial charge in [0.15, 0.2) is 11.4 Å². The minimum atomic E-state index is -0.761. The highest BCUT2D eigenvalue weighted by Crippen LogP contribution is 2.41. The van der Waals surface area contributed by atoms with Crippen LogP contribution in [-0.4, -0.2) is 65.1 Å². The standard InChI is InChI=1S/C28H27Cl2FN4O4/c1-16(23-21(29)5-6-22(31)24(23)30)39-26-25-19(14-33-27(26)32)20(15-38-25)17-3-2-4-18(13-17)28(37)35-9-7-34(8-10-35)11-12-36/h2-6,13-16,36H,7-12H2,1H3,(H2,32,33)/t16-/m1/s1. The molecule has 0 bridgehead atoms. The molecular formula is C28H27Cl2FN4O4. The third-order valence-corrected chi connectivity index (χ3v) is 7.59. The third-order valence-electron chi connectivity index (χ3n) is 6.88. The van der Waals surface area contributed by atoms with E-state index in [1.165, 1.54) is 12.1 Å². The van der Waals surface area contributed by atoms with Gasteiger partial charge in [0.2, 0.25) is 5.75 Å². The lowest BCUT2D eigenvalue weighted by atomic mass is 10.0. The quantitative estimate of drug-likeness (QED) is 0.285. The number of carbonyl (C=O) groups is 1. The maximum Gasteiger partial charge on any atom is 0.253 e. The molecule has 1 saturated heterocycles. The van der Waals surface area contributed by atoms with Gasteiger partial charge in [-0.1, -0.05) is 35.3 Å². The number of aliphatic hydroxyl groups excluding tert-OH is 1. The highest BCUT2D eigenvalue weighted by molar-refractivity contribution is 6.36. The smallest absolute Gasteiger partial charge is 0.253 e. The number of nitrogens with two attached hydrogens (primary N) is 1. The average Bonchev–Trinajstić information content (AvgIpc) is 3.37. The van der Waals surface area contributed by atoms with Crippen LogP contribution in [0.1, 0.15) is 28.9 Å². The van der Waals surface area contributed by atoms with E-state index in [2.05, 4.69) is 9.88 Å². The summed E-state index contributed by atoms with van der Waals surface area (Å²) in [5.41, 5.74) is 8.80. The van der Waals surface area contributed by atoms with Crippen molar-refractivity contribution in [2.45, 2.75) is 13.0 Å². The molecule has 1 aliphatic heterocycles. The van der Waals surface area contributed by atoms with Crippen molar-refractivity contribution in [3.05, 3.63) is 75.8 Å². The summed E-state index contributed by atoms with van der Waals surface area (Å²) in [5.74, 6) is -0.409. The second-order valence-corrected chi connectivity index (χ2v) is 10.1. The molecule has 0 radical (unpaired) electrons. The molecule has 1 fully saturated rings. The number of rotatable bonds is 7. The molecule has 3 heterocycles. The van der Waals surface area contributed by atoms with Gasteiger partial charge in [0, 0.05) is 60.6 Å². The number of fused-ring (bicyclic) bond motifs is 1. The zero-order valence-corrected chi connectivity index (χ0v) is 22.7.